The van der Waals surface area contributed by atoms with Crippen molar-refractivity contribution in [2.75, 3.05) is 56.4 Å². The van der Waals surface area contributed by atoms with Gasteiger partial charge in [-0.1, -0.05) is 37.5 Å². The zero-order valence-electron chi connectivity index (χ0n) is 31.5. The molecule has 1 unspecified atom stereocenters. The van der Waals surface area contributed by atoms with Gasteiger partial charge in [0.1, 0.15) is 5.82 Å². The van der Waals surface area contributed by atoms with Gasteiger partial charge < -0.3 is 42.5 Å². The molecule has 292 valence electrons. The number of benzene rings is 1. The normalized spacial score (nSPS) is 16.2. The van der Waals surface area contributed by atoms with E-state index in [1.165, 1.54) is 32.1 Å². The van der Waals surface area contributed by atoms with Crippen molar-refractivity contribution < 1.29 is 9.59 Å². The molecule has 54 heavy (non-hydrogen) atoms. The number of nitrogens with zero attached hydrogens (tertiary/aromatic N) is 5. The Balaban J connectivity index is 1.000. The first kappa shape index (κ1) is 40.5. The quantitative estimate of drug-likeness (QED) is 0.0545. The van der Waals surface area contributed by atoms with Crippen LogP contribution in [-0.4, -0.2) is 95.6 Å². The van der Waals surface area contributed by atoms with Gasteiger partial charge >= 0.3 is 0 Å². The lowest BCUT2D eigenvalue weighted by atomic mass is 9.95. The van der Waals surface area contributed by atoms with Crippen LogP contribution in [0.4, 0.5) is 11.8 Å². The molecular formula is C39H59N13O2. The molecule has 0 bridgehead atoms. The predicted molar refractivity (Wildman–Crippen MR) is 213 cm³/mol. The highest BCUT2D eigenvalue weighted by atomic mass is 16.2. The zero-order valence-corrected chi connectivity index (χ0v) is 31.5. The maximum atomic E-state index is 13.0. The van der Waals surface area contributed by atoms with Crippen molar-refractivity contribution in [2.45, 2.75) is 95.3 Å². The van der Waals surface area contributed by atoms with Gasteiger partial charge in [-0.2, -0.15) is 10.1 Å². The van der Waals surface area contributed by atoms with Crippen LogP contribution in [0.3, 0.4) is 0 Å². The molecule has 1 aromatic carbocycles. The van der Waals surface area contributed by atoms with E-state index >= 15 is 0 Å². The Morgan fingerprint density at radius 2 is 1.72 bits per heavy atom. The fourth-order valence-electron chi connectivity index (χ4n) is 6.86. The second kappa shape index (κ2) is 22.5. The lowest BCUT2D eigenvalue weighted by Crippen LogP contribution is -2.44. The average molecular weight is 742 g/mol. The number of carbonyl (C=O) groups excluding carboxylic acids is 2. The number of likely N-dealkylation sites (tertiary alicyclic amines) is 1. The number of nitrogens with two attached hydrogens (primary N) is 1. The van der Waals surface area contributed by atoms with Gasteiger partial charge in [-0.3, -0.25) is 14.6 Å². The molecule has 3 heterocycles. The number of hydrogen-bond donors (Lipinski definition) is 8. The van der Waals surface area contributed by atoms with Crippen LogP contribution in [0.1, 0.15) is 76.3 Å². The Bertz CT molecular complexity index is 1630. The van der Waals surface area contributed by atoms with Crippen LogP contribution < -0.4 is 37.6 Å². The monoisotopic (exact) mass is 741 g/mol. The number of pyridine rings is 1. The van der Waals surface area contributed by atoms with E-state index in [0.29, 0.717) is 37.8 Å². The lowest BCUT2D eigenvalue weighted by Gasteiger charge is -2.33. The number of anilines is 2. The molecule has 0 spiro atoms. The number of piperidine rings is 1. The highest BCUT2D eigenvalue weighted by Crippen LogP contribution is 2.25. The van der Waals surface area contributed by atoms with Crippen molar-refractivity contribution in [1.29, 1.82) is 5.53 Å². The maximum absolute atomic E-state index is 13.0. The second-order valence-electron chi connectivity index (χ2n) is 14.2. The average Bonchev–Trinajstić information content (AvgIpc) is 3.21. The summed E-state index contributed by atoms with van der Waals surface area (Å²) in [6.45, 7) is 5.63. The molecule has 0 radical (unpaired) electrons. The standard InChI is InChI=1S/C39H59N13O2/c40-34(38(54)46-27-31-12-6-7-22-45-31)15-16-36(53)52-24-17-30(18-25-52)48-37-33-13-4-5-14-35(33)49-39(50-37)47-28-32(51-41)26-43-21-8-19-42-20-9-23-44-29-10-2-1-3-11-29/h4-7,12-14,22,26,29-30,34,41-44H,1-3,8-11,15-21,23-25,27-28,40H2,(H,46,54)(H2,47,48,49,50)/b32-26-,51-41?. The van der Waals surface area contributed by atoms with Crippen LogP contribution in [0.5, 0.6) is 0 Å². The molecular weight excluding hydrogens is 683 g/mol. The number of hydrogen-bond acceptors (Lipinski definition) is 13. The van der Waals surface area contributed by atoms with E-state index < -0.39 is 6.04 Å². The smallest absolute Gasteiger partial charge is 0.237 e. The molecule has 3 aromatic rings. The Hall–Kier alpha value is -4.73. The third kappa shape index (κ3) is 13.6. The van der Waals surface area contributed by atoms with Crippen LogP contribution in [-0.2, 0) is 16.1 Å². The van der Waals surface area contributed by atoms with Gasteiger partial charge in [-0.15, -0.1) is 0 Å². The van der Waals surface area contributed by atoms with E-state index in [4.69, 9.17) is 21.2 Å². The van der Waals surface area contributed by atoms with Crippen molar-refractivity contribution in [2.24, 2.45) is 10.8 Å². The van der Waals surface area contributed by atoms with Crippen LogP contribution in [0.2, 0.25) is 0 Å². The molecule has 2 aliphatic rings. The minimum absolute atomic E-state index is 0.00299. The summed E-state index contributed by atoms with van der Waals surface area (Å²) in [5.74, 6) is 0.880. The van der Waals surface area contributed by atoms with E-state index in [1.54, 1.807) is 12.4 Å². The van der Waals surface area contributed by atoms with Gasteiger partial charge in [0.25, 0.3) is 0 Å². The van der Waals surface area contributed by atoms with Crippen molar-refractivity contribution in [3.05, 3.63) is 66.3 Å². The highest BCUT2D eigenvalue weighted by Gasteiger charge is 2.25. The molecule has 1 aliphatic heterocycles. The summed E-state index contributed by atoms with van der Waals surface area (Å²) in [5, 5.41) is 24.7. The first-order valence-corrected chi connectivity index (χ1v) is 19.7. The summed E-state index contributed by atoms with van der Waals surface area (Å²) in [6.07, 6.45) is 14.3. The topological polar surface area (TPSA) is 210 Å². The Kier molecular flexibility index (Phi) is 16.8. The third-order valence-electron chi connectivity index (χ3n) is 10.1. The number of amides is 2. The number of nitrogens with one attached hydrogen (secondary N) is 7. The summed E-state index contributed by atoms with van der Waals surface area (Å²) in [7, 11) is 0. The molecule has 2 amide bonds. The number of fused-ring (bicyclic) bond motifs is 1. The lowest BCUT2D eigenvalue weighted by molar-refractivity contribution is -0.132. The van der Waals surface area contributed by atoms with Crippen molar-refractivity contribution in [1.82, 2.24) is 41.1 Å². The summed E-state index contributed by atoms with van der Waals surface area (Å²) < 4.78 is 0. The Labute approximate surface area is 319 Å². The van der Waals surface area contributed by atoms with E-state index in [9.17, 15) is 9.59 Å². The summed E-state index contributed by atoms with van der Waals surface area (Å²) in [4.78, 5) is 41.0. The summed E-state index contributed by atoms with van der Waals surface area (Å²) in [6, 6.07) is 13.4. The van der Waals surface area contributed by atoms with Gasteiger partial charge in [0, 0.05) is 55.9 Å². The maximum Gasteiger partial charge on any atom is 0.237 e. The molecule has 1 atom stereocenters. The highest BCUT2D eigenvalue weighted by molar-refractivity contribution is 5.90. The minimum Gasteiger partial charge on any atom is -0.389 e. The van der Waals surface area contributed by atoms with Gasteiger partial charge in [0.2, 0.25) is 17.8 Å². The molecule has 1 saturated carbocycles. The van der Waals surface area contributed by atoms with E-state index in [-0.39, 0.29) is 30.7 Å². The summed E-state index contributed by atoms with van der Waals surface area (Å²) >= 11 is 0. The Morgan fingerprint density at radius 1 is 0.944 bits per heavy atom. The first-order chi connectivity index (χ1) is 26.5. The molecule has 9 N–H and O–H groups in total. The molecule has 5 rings (SSSR count). The largest absolute Gasteiger partial charge is 0.389 e. The van der Waals surface area contributed by atoms with Crippen LogP contribution in [0.25, 0.3) is 10.9 Å². The van der Waals surface area contributed by atoms with E-state index in [1.807, 2.05) is 47.4 Å². The van der Waals surface area contributed by atoms with Crippen LogP contribution in [0, 0.1) is 5.53 Å². The molecule has 15 heteroatoms. The minimum atomic E-state index is -0.760. The van der Waals surface area contributed by atoms with Crippen molar-refractivity contribution in [3.8, 4) is 0 Å². The molecule has 2 fully saturated rings. The third-order valence-corrected chi connectivity index (χ3v) is 10.1. The van der Waals surface area contributed by atoms with Gasteiger partial charge in [0.05, 0.1) is 36.0 Å². The molecule has 1 aliphatic carbocycles. The fraction of sp³-hybridized carbons (Fsp3) is 0.564. The molecule has 2 aromatic heterocycles. The van der Waals surface area contributed by atoms with Crippen LogP contribution in [0.15, 0.2) is 65.7 Å². The van der Waals surface area contributed by atoms with E-state index in [2.05, 4.69) is 42.0 Å². The summed E-state index contributed by atoms with van der Waals surface area (Å²) in [5.41, 5.74) is 15.8. The number of carbonyl (C=O) groups is 2. The number of rotatable bonds is 22. The fourth-order valence-corrected chi connectivity index (χ4v) is 6.86. The molecule has 15 nitrogen and oxygen atoms in total. The SMILES string of the molecule is N=N/C(=C\NCCCNCCCNC1CCCCC1)CNc1nc(NC2CCN(C(=O)CCC(N)C(=O)NCc3ccccn3)CC2)c2ccccc2n1. The van der Waals surface area contributed by atoms with Gasteiger partial charge in [-0.25, -0.2) is 10.5 Å². The second-order valence-corrected chi connectivity index (χ2v) is 14.2. The van der Waals surface area contributed by atoms with Gasteiger partial charge in [-0.05, 0) is 88.8 Å². The number of para-hydroxylation sites is 1. The first-order valence-electron chi connectivity index (χ1n) is 19.7. The van der Waals surface area contributed by atoms with Crippen molar-refractivity contribution in [3.63, 3.8) is 0 Å². The molecule has 1 saturated heterocycles. The zero-order chi connectivity index (χ0) is 37.8. The van der Waals surface area contributed by atoms with Crippen LogP contribution >= 0.6 is 0 Å². The van der Waals surface area contributed by atoms with Gasteiger partial charge in [0.15, 0.2) is 0 Å². The predicted octanol–water partition coefficient (Wildman–Crippen LogP) is 4.02. The Morgan fingerprint density at radius 3 is 2.50 bits per heavy atom. The van der Waals surface area contributed by atoms with Crippen molar-refractivity contribution >= 4 is 34.5 Å². The number of aromatic nitrogens is 3. The van der Waals surface area contributed by atoms with E-state index in [0.717, 1.165) is 80.3 Å².